The Kier molecular flexibility index (Phi) is 7.50. The normalized spacial score (nSPS) is 17.5. The van der Waals surface area contributed by atoms with E-state index in [0.29, 0.717) is 56.5 Å². The number of guanidine groups is 1. The van der Waals surface area contributed by atoms with Gasteiger partial charge in [-0.2, -0.15) is 5.26 Å². The number of nitriles is 1. The lowest BCUT2D eigenvalue weighted by Crippen LogP contribution is -2.59. The summed E-state index contributed by atoms with van der Waals surface area (Å²) in [5, 5.41) is 14.6. The Bertz CT molecular complexity index is 1150. The minimum atomic E-state index is -0.703. The molecule has 2 aliphatic rings. The molecule has 0 radical (unpaired) electrons. The van der Waals surface area contributed by atoms with Gasteiger partial charge in [0, 0.05) is 37.5 Å². The number of benzene rings is 2. The van der Waals surface area contributed by atoms with Crippen molar-refractivity contribution < 1.29 is 23.0 Å². The summed E-state index contributed by atoms with van der Waals surface area (Å²) in [5.74, 6) is -0.0163. The summed E-state index contributed by atoms with van der Waals surface area (Å²) >= 11 is 0. The van der Waals surface area contributed by atoms with E-state index < -0.39 is 11.6 Å². The van der Waals surface area contributed by atoms with Crippen LogP contribution >= 0.6 is 0 Å². The Morgan fingerprint density at radius 2 is 1.97 bits per heavy atom. The second-order valence-electron chi connectivity index (χ2n) is 8.14. The highest BCUT2D eigenvalue weighted by atomic mass is 19.1. The van der Waals surface area contributed by atoms with Gasteiger partial charge in [0.2, 0.25) is 5.96 Å². The fraction of sp³-hybridized carbons (Fsp3) is 0.375. The van der Waals surface area contributed by atoms with Gasteiger partial charge in [0.15, 0.2) is 17.7 Å². The number of urea groups is 1. The average molecular weight is 485 g/mol. The molecule has 2 N–H and O–H groups in total. The van der Waals surface area contributed by atoms with E-state index in [4.69, 9.17) is 9.47 Å². The van der Waals surface area contributed by atoms with E-state index in [2.05, 4.69) is 15.6 Å². The number of hydrogen-bond donors (Lipinski definition) is 2. The van der Waals surface area contributed by atoms with Crippen molar-refractivity contribution in [2.75, 3.05) is 38.2 Å². The van der Waals surface area contributed by atoms with Gasteiger partial charge in [-0.25, -0.2) is 18.6 Å². The van der Waals surface area contributed by atoms with Crippen molar-refractivity contribution in [3.63, 3.8) is 0 Å². The van der Waals surface area contributed by atoms with Gasteiger partial charge >= 0.3 is 6.03 Å². The van der Waals surface area contributed by atoms with Crippen LogP contribution in [0.4, 0.5) is 25.0 Å². The number of fused-ring (bicyclic) bond motifs is 1. The van der Waals surface area contributed by atoms with E-state index in [0.717, 1.165) is 24.6 Å². The van der Waals surface area contributed by atoms with Gasteiger partial charge in [-0.15, -0.1) is 0 Å². The number of anilines is 1. The molecule has 2 aromatic rings. The number of ether oxygens (including phenoxy) is 2. The molecule has 0 bridgehead atoms. The minimum Gasteiger partial charge on any atom is -0.486 e. The summed E-state index contributed by atoms with van der Waals surface area (Å²) in [6, 6.07) is 7.75. The molecule has 1 saturated heterocycles. The van der Waals surface area contributed by atoms with Crippen molar-refractivity contribution in [1.29, 1.82) is 5.26 Å². The van der Waals surface area contributed by atoms with Crippen molar-refractivity contribution in [2.24, 2.45) is 4.99 Å². The van der Waals surface area contributed by atoms with E-state index in [-0.39, 0.29) is 23.7 Å². The molecular weight excluding hydrogens is 458 g/mol. The van der Waals surface area contributed by atoms with Crippen LogP contribution in [0.2, 0.25) is 0 Å². The van der Waals surface area contributed by atoms with Gasteiger partial charge in [-0.3, -0.25) is 5.32 Å². The van der Waals surface area contributed by atoms with E-state index in [9.17, 15) is 18.8 Å². The van der Waals surface area contributed by atoms with Crippen molar-refractivity contribution in [1.82, 2.24) is 15.1 Å². The first kappa shape index (κ1) is 24.1. The Balaban J connectivity index is 1.49. The summed E-state index contributed by atoms with van der Waals surface area (Å²) in [7, 11) is 0. The Labute approximate surface area is 201 Å². The lowest BCUT2D eigenvalue weighted by Gasteiger charge is -2.42. The molecule has 1 fully saturated rings. The van der Waals surface area contributed by atoms with Crippen LogP contribution < -0.4 is 20.1 Å². The zero-order chi connectivity index (χ0) is 24.8. The van der Waals surface area contributed by atoms with Crippen LogP contribution in [0.1, 0.15) is 19.8 Å². The van der Waals surface area contributed by atoms with Gasteiger partial charge in [-0.05, 0) is 30.7 Å². The quantitative estimate of drug-likeness (QED) is 0.296. The molecule has 2 aliphatic heterocycles. The molecule has 184 valence electrons. The number of rotatable bonds is 4. The fourth-order valence-electron chi connectivity index (χ4n) is 4.13. The number of nitrogens with one attached hydrogen (secondary N) is 2. The first-order chi connectivity index (χ1) is 17.0. The van der Waals surface area contributed by atoms with Crippen molar-refractivity contribution >= 4 is 23.4 Å². The van der Waals surface area contributed by atoms with Gasteiger partial charge in [0.1, 0.15) is 30.5 Å². The number of halogens is 2. The molecular formula is C24H26F2N6O3. The lowest BCUT2D eigenvalue weighted by molar-refractivity contribution is 0.129. The van der Waals surface area contributed by atoms with E-state index in [1.54, 1.807) is 34.2 Å². The number of hydrogen-bond acceptors (Lipinski definition) is 5. The maximum Gasteiger partial charge on any atom is 0.322 e. The summed E-state index contributed by atoms with van der Waals surface area (Å²) < 4.78 is 38.8. The highest BCUT2D eigenvalue weighted by molar-refractivity contribution is 5.90. The molecule has 0 aromatic heterocycles. The Morgan fingerprint density at radius 1 is 1.17 bits per heavy atom. The maximum absolute atomic E-state index is 14.1. The molecule has 1 atom stereocenters. The van der Waals surface area contributed by atoms with Crippen LogP contribution in [0.3, 0.4) is 0 Å². The van der Waals surface area contributed by atoms with Crippen molar-refractivity contribution in [2.45, 2.75) is 25.8 Å². The maximum atomic E-state index is 14.1. The third kappa shape index (κ3) is 5.71. The predicted octanol–water partition coefficient (Wildman–Crippen LogP) is 3.81. The third-order valence-corrected chi connectivity index (χ3v) is 5.76. The van der Waals surface area contributed by atoms with E-state index >= 15 is 0 Å². The molecule has 2 heterocycles. The van der Waals surface area contributed by atoms with Gasteiger partial charge in [0.05, 0.1) is 6.04 Å². The van der Waals surface area contributed by atoms with E-state index in [1.807, 2.05) is 6.92 Å². The number of nitrogens with zero attached hydrogens (tertiary/aromatic N) is 4. The number of piperazine rings is 1. The minimum absolute atomic E-state index is 0.102. The smallest absolute Gasteiger partial charge is 0.322 e. The Morgan fingerprint density at radius 3 is 2.74 bits per heavy atom. The second-order valence-corrected chi connectivity index (χ2v) is 8.14. The van der Waals surface area contributed by atoms with Crippen LogP contribution in [0.5, 0.6) is 11.5 Å². The van der Waals surface area contributed by atoms with Gasteiger partial charge in [-0.1, -0.05) is 13.3 Å². The van der Waals surface area contributed by atoms with Gasteiger partial charge < -0.3 is 24.6 Å². The standard InChI is InChI=1S/C24H26F2N6O3/c1-2-3-18-14-31(23(28-15-27)30-20-12-16(25)4-6-19(20)26)8-9-32(18)24(33)29-17-5-7-21-22(13-17)35-11-10-34-21/h4-7,12-13,18H,2-3,8-11,14H2,1H3,(H,28,30)(H,29,33). The zero-order valence-electron chi connectivity index (χ0n) is 19.3. The van der Waals surface area contributed by atoms with E-state index in [1.165, 1.54) is 0 Å². The highest BCUT2D eigenvalue weighted by Gasteiger charge is 2.32. The summed E-state index contributed by atoms with van der Waals surface area (Å²) in [6.07, 6.45) is 3.33. The van der Waals surface area contributed by atoms with Crippen LogP contribution in [-0.4, -0.2) is 60.7 Å². The average Bonchev–Trinajstić information content (AvgIpc) is 2.86. The van der Waals surface area contributed by atoms with Crippen LogP contribution in [-0.2, 0) is 0 Å². The zero-order valence-corrected chi connectivity index (χ0v) is 19.3. The molecule has 35 heavy (non-hydrogen) atoms. The lowest BCUT2D eigenvalue weighted by atomic mass is 10.1. The summed E-state index contributed by atoms with van der Waals surface area (Å²) in [5.41, 5.74) is 0.375. The molecule has 2 aromatic carbocycles. The molecule has 1 unspecified atom stereocenters. The van der Waals surface area contributed by atoms with Crippen molar-refractivity contribution in [3.05, 3.63) is 48.0 Å². The van der Waals surface area contributed by atoms with Crippen LogP contribution in [0.15, 0.2) is 41.4 Å². The van der Waals surface area contributed by atoms with Crippen LogP contribution in [0.25, 0.3) is 0 Å². The molecule has 0 aliphatic carbocycles. The molecule has 2 amide bonds. The Hall–Kier alpha value is -4.07. The van der Waals surface area contributed by atoms with Gasteiger partial charge in [0.25, 0.3) is 0 Å². The monoisotopic (exact) mass is 484 g/mol. The fourth-order valence-corrected chi connectivity index (χ4v) is 4.13. The largest absolute Gasteiger partial charge is 0.486 e. The SMILES string of the molecule is CCCC1CN(C(=Nc2cc(F)ccc2F)NC#N)CCN1C(=O)Nc1ccc2c(c1)OCCO2. The highest BCUT2D eigenvalue weighted by Crippen LogP contribution is 2.33. The summed E-state index contributed by atoms with van der Waals surface area (Å²) in [6.45, 7) is 4.01. The molecule has 0 spiro atoms. The molecule has 0 saturated carbocycles. The molecule has 9 nitrogen and oxygen atoms in total. The summed E-state index contributed by atoms with van der Waals surface area (Å²) in [4.78, 5) is 20.8. The molecule has 11 heteroatoms. The topological polar surface area (TPSA) is 102 Å². The number of carbonyl (C=O) groups excluding carboxylic acids is 1. The number of carbonyl (C=O) groups is 1. The second kappa shape index (κ2) is 10.9. The third-order valence-electron chi connectivity index (χ3n) is 5.76. The number of aliphatic imine (C=N–C) groups is 1. The first-order valence-corrected chi connectivity index (χ1v) is 11.4. The molecule has 4 rings (SSSR count). The first-order valence-electron chi connectivity index (χ1n) is 11.4. The number of amides is 2. The van der Waals surface area contributed by atoms with Crippen LogP contribution in [0, 0.1) is 23.1 Å². The predicted molar refractivity (Wildman–Crippen MR) is 126 cm³/mol. The van der Waals surface area contributed by atoms with Crippen molar-refractivity contribution in [3.8, 4) is 17.7 Å².